The Balaban J connectivity index is 0.591. The van der Waals surface area contributed by atoms with Crippen LogP contribution in [0.1, 0.15) is 185 Å². The van der Waals surface area contributed by atoms with Crippen molar-refractivity contribution in [3.05, 3.63) is 211 Å². The van der Waals surface area contributed by atoms with E-state index >= 15 is 0 Å². The van der Waals surface area contributed by atoms with Gasteiger partial charge in [-0.25, -0.2) is 41.9 Å². The summed E-state index contributed by atoms with van der Waals surface area (Å²) >= 11 is 0. The molecule has 0 radical (unpaired) electrons. The highest BCUT2D eigenvalue weighted by molar-refractivity contribution is 5.93. The average molecular weight is 1410 g/mol. The van der Waals surface area contributed by atoms with E-state index in [2.05, 4.69) is 0 Å². The monoisotopic (exact) mass is 1410 g/mol. The van der Waals surface area contributed by atoms with E-state index < -0.39 is 52.2 Å². The van der Waals surface area contributed by atoms with E-state index in [-0.39, 0.29) is 74.0 Å². The molecule has 0 unspecified atom stereocenters. The molecule has 0 aliphatic rings. The van der Waals surface area contributed by atoms with Gasteiger partial charge in [-0.1, -0.05) is 116 Å². The van der Waals surface area contributed by atoms with Gasteiger partial charge in [0.25, 0.3) is 0 Å². The van der Waals surface area contributed by atoms with E-state index in [9.17, 15) is 41.9 Å². The maximum Gasteiger partial charge on any atom is 0.343 e. The zero-order valence-electron chi connectivity index (χ0n) is 57.5. The normalized spacial score (nSPS) is 11.4. The first-order valence-electron chi connectivity index (χ1n) is 35.6. The van der Waals surface area contributed by atoms with Crippen LogP contribution in [0.25, 0.3) is 32.9 Å². The molecule has 6 aromatic carbocycles. The van der Waals surface area contributed by atoms with Gasteiger partial charge in [-0.3, -0.25) is 0 Å². The predicted octanol–water partition coefficient (Wildman–Crippen LogP) is 18.4. The maximum absolute atomic E-state index is 14.9. The van der Waals surface area contributed by atoms with Gasteiger partial charge in [-0.15, -0.1) is 0 Å². The number of unbranched alkanes of at least 4 members (excludes halogenated alkanes) is 21. The first-order chi connectivity index (χ1) is 49.8. The van der Waals surface area contributed by atoms with Crippen LogP contribution in [-0.2, 0) is 14.2 Å². The molecule has 0 N–H and O–H groups in total. The fourth-order valence-corrected chi connectivity index (χ4v) is 11.4. The predicted molar refractivity (Wildman–Crippen MR) is 380 cm³/mol. The van der Waals surface area contributed by atoms with Crippen LogP contribution in [0.2, 0.25) is 0 Å². The highest BCUT2D eigenvalue weighted by Gasteiger charge is 2.19. The largest absolute Gasteiger partial charge is 0.491 e. The number of halogens is 3. The van der Waals surface area contributed by atoms with Gasteiger partial charge in [0, 0.05) is 72.4 Å². The fourth-order valence-electron chi connectivity index (χ4n) is 11.4. The summed E-state index contributed by atoms with van der Waals surface area (Å²) in [6.07, 6.45) is 24.0. The molecular weight excluding hydrogens is 1320 g/mol. The smallest absolute Gasteiger partial charge is 0.343 e. The fraction of sp³-hybridized carbons (Fsp3) is 0.407. The van der Waals surface area contributed by atoms with Crippen molar-refractivity contribution in [2.75, 3.05) is 52.9 Å². The number of rotatable bonds is 47. The number of ether oxygens (including phenoxy) is 9. The van der Waals surface area contributed by atoms with Gasteiger partial charge >= 0.3 is 34.8 Å². The highest BCUT2D eigenvalue weighted by Crippen LogP contribution is 2.28. The summed E-state index contributed by atoms with van der Waals surface area (Å²) in [5.74, 6) is -3.56. The second-order valence-electron chi connectivity index (χ2n) is 25.1. The van der Waals surface area contributed by atoms with E-state index in [1.165, 1.54) is 72.8 Å². The third kappa shape index (κ3) is 26.1. The number of carbonyl (C=O) groups is 3. The van der Waals surface area contributed by atoms with Crippen LogP contribution in [0.4, 0.5) is 13.2 Å². The summed E-state index contributed by atoms with van der Waals surface area (Å²) in [5.41, 5.74) is -0.700. The first kappa shape index (κ1) is 76.6. The average Bonchev–Trinajstić information content (AvgIpc) is 0.834. The van der Waals surface area contributed by atoms with Crippen molar-refractivity contribution in [3.8, 4) is 34.5 Å². The number of fused-ring (bicyclic) bond motifs is 3. The Morgan fingerprint density at radius 2 is 0.569 bits per heavy atom. The Bertz CT molecular complexity index is 4130. The third-order valence-corrected chi connectivity index (χ3v) is 17.1. The molecule has 0 spiro atoms. The molecule has 3 aromatic heterocycles. The minimum Gasteiger partial charge on any atom is -0.491 e. The summed E-state index contributed by atoms with van der Waals surface area (Å²) in [6.45, 7) is 3.90. The van der Waals surface area contributed by atoms with E-state index in [1.54, 1.807) is 54.6 Å². The number of hydrogen-bond acceptors (Lipinski definition) is 18. The van der Waals surface area contributed by atoms with Gasteiger partial charge in [0.15, 0.2) is 34.7 Å². The lowest BCUT2D eigenvalue weighted by Crippen LogP contribution is -2.26. The number of esters is 3. The van der Waals surface area contributed by atoms with E-state index in [4.69, 9.17) is 55.9 Å². The molecule has 18 nitrogen and oxygen atoms in total. The summed E-state index contributed by atoms with van der Waals surface area (Å²) in [5, 5.41) is 2.01. The molecule has 0 aliphatic heterocycles. The molecule has 542 valence electrons. The van der Waals surface area contributed by atoms with Crippen LogP contribution in [0.5, 0.6) is 34.5 Å². The van der Waals surface area contributed by atoms with Crippen molar-refractivity contribution >= 4 is 50.8 Å². The van der Waals surface area contributed by atoms with Crippen LogP contribution < -0.4 is 45.3 Å². The Morgan fingerprint density at radius 1 is 0.304 bits per heavy atom. The van der Waals surface area contributed by atoms with Crippen molar-refractivity contribution in [2.24, 2.45) is 0 Å². The van der Waals surface area contributed by atoms with Gasteiger partial charge < -0.3 is 55.9 Å². The minimum atomic E-state index is -0.755. The molecule has 9 aromatic rings. The number of hydrogen-bond donors (Lipinski definition) is 0. The lowest BCUT2D eigenvalue weighted by Gasteiger charge is -2.18. The second-order valence-corrected chi connectivity index (χ2v) is 25.1. The van der Waals surface area contributed by atoms with E-state index in [1.807, 2.05) is 0 Å². The lowest BCUT2D eigenvalue weighted by atomic mass is 10.1. The Hall–Kier alpha value is -9.57. The highest BCUT2D eigenvalue weighted by atomic mass is 19.1. The molecule has 0 aliphatic carbocycles. The van der Waals surface area contributed by atoms with Crippen LogP contribution >= 0.6 is 0 Å². The molecule has 102 heavy (non-hydrogen) atoms. The molecule has 0 amide bonds. The summed E-state index contributed by atoms with van der Waals surface area (Å²) in [6, 6.07) is 34.6. The summed E-state index contributed by atoms with van der Waals surface area (Å²) in [7, 11) is 0. The maximum atomic E-state index is 14.9. The van der Waals surface area contributed by atoms with Gasteiger partial charge in [-0.2, -0.15) is 0 Å². The molecule has 0 atom stereocenters. The van der Waals surface area contributed by atoms with Gasteiger partial charge in [0.2, 0.25) is 0 Å². The molecule has 0 saturated heterocycles. The van der Waals surface area contributed by atoms with Crippen molar-refractivity contribution in [1.82, 2.24) is 0 Å². The first-order valence-corrected chi connectivity index (χ1v) is 35.6. The van der Waals surface area contributed by atoms with Crippen molar-refractivity contribution in [1.29, 1.82) is 0 Å². The Labute approximate surface area is 590 Å². The summed E-state index contributed by atoms with van der Waals surface area (Å²) < 4.78 is 112. The summed E-state index contributed by atoms with van der Waals surface area (Å²) in [4.78, 5) is 73.0. The molecule has 21 heteroatoms. The SMILES string of the molecule is O=C(Oc1ccc2ccc(=O)oc2c1)c1ccc(OCCCCCCCCCCOCC(COCCCCCCCCCCOc2ccc(C(=O)Oc3ccc4ccc(=O)oc4c3)cc2F)OCCCCCCCCCCOc2ccc(C(=O)Oc3ccc4ccc(=O)oc4c3)cc2F)c(F)c1. The van der Waals surface area contributed by atoms with Crippen molar-refractivity contribution in [2.45, 2.75) is 160 Å². The second kappa shape index (κ2) is 42.0. The number of benzene rings is 6. The topological polar surface area (TPSA) is 225 Å². The van der Waals surface area contributed by atoms with Gasteiger partial charge in [0.05, 0.1) is 49.7 Å². The Kier molecular flexibility index (Phi) is 31.5. The van der Waals surface area contributed by atoms with Crippen LogP contribution in [0, 0.1) is 17.5 Å². The van der Waals surface area contributed by atoms with Crippen LogP contribution in [0.15, 0.2) is 173 Å². The standard InChI is InChI=1S/C81H89F3O18/c82-67-49-60(79(88)97-63-34-25-57-31-40-76(85)100-73(57)52-63)28-37-70(67)94-46-22-16-10-3-1-7-13-19-43-91-55-66(93-45-21-15-9-5-6-12-18-24-48-96-72-39-30-62(51-69(72)84)81(90)99-65-36-27-59-33-42-78(87)102-75(59)54-65)56-92-44-20-14-8-2-4-11-17-23-47-95-71-38-29-61(50-68(71)83)80(89)98-64-35-26-58-32-41-77(86)101-74(58)53-64/h25-42,49-54,66H,1-24,43-48,55-56H2. The van der Waals surface area contributed by atoms with Crippen molar-refractivity contribution < 1.29 is 83.4 Å². The van der Waals surface area contributed by atoms with E-state index in [0.717, 1.165) is 172 Å². The number of carbonyl (C=O) groups excluding carboxylic acids is 3. The zero-order valence-corrected chi connectivity index (χ0v) is 57.5. The van der Waals surface area contributed by atoms with Crippen LogP contribution in [0.3, 0.4) is 0 Å². The van der Waals surface area contributed by atoms with Crippen LogP contribution in [-0.4, -0.2) is 76.9 Å². The quantitative estimate of drug-likeness (QED) is 0.0150. The zero-order chi connectivity index (χ0) is 71.5. The minimum absolute atomic E-state index is 0.0200. The molecule has 3 heterocycles. The third-order valence-electron chi connectivity index (χ3n) is 17.1. The van der Waals surface area contributed by atoms with Gasteiger partial charge in [0.1, 0.15) is 40.1 Å². The molecule has 0 saturated carbocycles. The Morgan fingerprint density at radius 3 is 0.863 bits per heavy atom. The molecular formula is C81H89F3O18. The lowest BCUT2D eigenvalue weighted by molar-refractivity contribution is -0.0616. The van der Waals surface area contributed by atoms with Crippen molar-refractivity contribution in [3.63, 3.8) is 0 Å². The van der Waals surface area contributed by atoms with E-state index in [0.29, 0.717) is 69.0 Å². The molecule has 9 rings (SSSR count). The van der Waals surface area contributed by atoms with Gasteiger partial charge in [-0.05, 0) is 148 Å². The molecule has 0 fully saturated rings. The molecule has 0 bridgehead atoms.